The van der Waals surface area contributed by atoms with E-state index in [0.717, 1.165) is 0 Å². The first-order valence-electron chi connectivity index (χ1n) is 6.33. The fraction of sp³-hybridized carbons (Fsp3) is 0.400. The summed E-state index contributed by atoms with van der Waals surface area (Å²) in [5.41, 5.74) is -0.184. The van der Waals surface area contributed by atoms with Crippen molar-refractivity contribution in [3.05, 3.63) is 17.2 Å². The topological polar surface area (TPSA) is 74.2 Å². The predicted molar refractivity (Wildman–Crippen MR) is 76.3 cm³/mol. The second-order valence-electron chi connectivity index (χ2n) is 5.06. The molecule has 0 radical (unpaired) electrons. The maximum absolute atomic E-state index is 12.0. The van der Waals surface area contributed by atoms with Gasteiger partial charge in [0.05, 0.1) is 26.9 Å². The van der Waals surface area contributed by atoms with E-state index in [4.69, 9.17) is 18.9 Å². The zero-order valence-electron chi connectivity index (χ0n) is 12.6. The first kappa shape index (κ1) is 15.0. The molecule has 0 saturated heterocycles. The molecular formula is C15H18O6. The van der Waals surface area contributed by atoms with Gasteiger partial charge in [-0.15, -0.1) is 0 Å². The highest BCUT2D eigenvalue weighted by molar-refractivity contribution is 6.00. The molecule has 0 fully saturated rings. The normalized spacial score (nSPS) is 14.9. The smallest absolute Gasteiger partial charge is 0.345 e. The van der Waals surface area contributed by atoms with Gasteiger partial charge in [-0.25, -0.2) is 4.79 Å². The van der Waals surface area contributed by atoms with Gasteiger partial charge in [-0.05, 0) is 26.0 Å². The molecule has 21 heavy (non-hydrogen) atoms. The Bertz CT molecular complexity index is 615. The minimum atomic E-state index is -0.712. The molecular weight excluding hydrogens is 276 g/mol. The van der Waals surface area contributed by atoms with Crippen molar-refractivity contribution in [3.63, 3.8) is 0 Å². The average molecular weight is 294 g/mol. The van der Waals surface area contributed by atoms with Gasteiger partial charge in [0, 0.05) is 0 Å². The van der Waals surface area contributed by atoms with Crippen LogP contribution >= 0.6 is 0 Å². The zero-order chi connectivity index (χ0) is 15.8. The van der Waals surface area contributed by atoms with Gasteiger partial charge in [0.2, 0.25) is 5.75 Å². The highest BCUT2D eigenvalue weighted by Crippen LogP contribution is 2.51. The molecule has 6 heteroatoms. The summed E-state index contributed by atoms with van der Waals surface area (Å²) in [4.78, 5) is 12.0. The van der Waals surface area contributed by atoms with Crippen LogP contribution in [0.15, 0.2) is 6.08 Å². The molecule has 1 N–H and O–H groups in total. The summed E-state index contributed by atoms with van der Waals surface area (Å²) >= 11 is 0. The van der Waals surface area contributed by atoms with Crippen LogP contribution in [-0.4, -0.2) is 38.0 Å². The minimum Gasteiger partial charge on any atom is -0.503 e. The molecule has 0 aromatic heterocycles. The van der Waals surface area contributed by atoms with Crippen molar-refractivity contribution in [3.8, 4) is 23.0 Å². The van der Waals surface area contributed by atoms with Crippen LogP contribution in [0, 0.1) is 0 Å². The van der Waals surface area contributed by atoms with Crippen LogP contribution in [-0.2, 0) is 4.74 Å². The molecule has 1 heterocycles. The summed E-state index contributed by atoms with van der Waals surface area (Å²) in [5.74, 6) is -0.514. The number of carbonyl (C=O) groups is 1. The number of carbonyl (C=O) groups excluding carboxylic acids is 1. The Morgan fingerprint density at radius 2 is 1.81 bits per heavy atom. The Kier molecular flexibility index (Phi) is 3.72. The first-order valence-corrected chi connectivity index (χ1v) is 6.33. The maximum Gasteiger partial charge on any atom is 0.345 e. The molecule has 6 nitrogen and oxygen atoms in total. The lowest BCUT2D eigenvalue weighted by atomic mass is 9.97. The average Bonchev–Trinajstić information content (AvgIpc) is 2.44. The van der Waals surface area contributed by atoms with E-state index >= 15 is 0 Å². The largest absolute Gasteiger partial charge is 0.503 e. The first-order chi connectivity index (χ1) is 9.86. The third kappa shape index (κ3) is 2.37. The summed E-state index contributed by atoms with van der Waals surface area (Å²) in [5, 5.41) is 10.3. The Labute approximate surface area is 122 Å². The van der Waals surface area contributed by atoms with Crippen LogP contribution in [0.4, 0.5) is 0 Å². The number of rotatable bonds is 3. The summed E-state index contributed by atoms with van der Waals surface area (Å²) in [7, 11) is 4.06. The van der Waals surface area contributed by atoms with E-state index in [1.165, 1.54) is 21.3 Å². The van der Waals surface area contributed by atoms with Crippen LogP contribution in [0.1, 0.15) is 29.8 Å². The highest BCUT2D eigenvalue weighted by atomic mass is 16.5. The second kappa shape index (κ2) is 5.20. The Morgan fingerprint density at radius 3 is 2.33 bits per heavy atom. The standard InChI is InChI=1S/C15H18O6/c1-15(2)7-6-8-11(21-15)9(14(17)20-5)10(16)13(19-4)12(8)18-3/h6-7,16H,1-5H3. The molecule has 0 saturated carbocycles. The predicted octanol–water partition coefficient (Wildman–Crippen LogP) is 2.38. The number of ether oxygens (including phenoxy) is 4. The Balaban J connectivity index is 2.84. The molecule has 0 spiro atoms. The number of hydrogen-bond donors (Lipinski definition) is 1. The van der Waals surface area contributed by atoms with Gasteiger partial charge < -0.3 is 24.1 Å². The summed E-state index contributed by atoms with van der Waals surface area (Å²) < 4.78 is 21.0. The maximum atomic E-state index is 12.0. The van der Waals surface area contributed by atoms with Gasteiger partial charge in [0.15, 0.2) is 11.5 Å². The van der Waals surface area contributed by atoms with Crippen LogP contribution in [0.5, 0.6) is 23.0 Å². The van der Waals surface area contributed by atoms with E-state index in [1.807, 2.05) is 19.9 Å². The monoisotopic (exact) mass is 294 g/mol. The van der Waals surface area contributed by atoms with E-state index in [2.05, 4.69) is 0 Å². The highest BCUT2D eigenvalue weighted by Gasteiger charge is 2.35. The van der Waals surface area contributed by atoms with Gasteiger partial charge in [-0.1, -0.05) is 0 Å². The molecule has 0 unspecified atom stereocenters. The number of phenols is 1. The van der Waals surface area contributed by atoms with Crippen molar-refractivity contribution in [2.45, 2.75) is 19.4 Å². The summed E-state index contributed by atoms with van der Waals surface area (Å²) in [6.45, 7) is 3.67. The number of hydrogen-bond acceptors (Lipinski definition) is 6. The molecule has 114 valence electrons. The quantitative estimate of drug-likeness (QED) is 0.863. The van der Waals surface area contributed by atoms with Crippen LogP contribution in [0.3, 0.4) is 0 Å². The Hall–Kier alpha value is -2.37. The molecule has 0 atom stereocenters. The molecule has 1 aliphatic rings. The molecule has 2 rings (SSSR count). The van der Waals surface area contributed by atoms with E-state index in [9.17, 15) is 9.90 Å². The number of methoxy groups -OCH3 is 3. The lowest BCUT2D eigenvalue weighted by Crippen LogP contribution is -2.29. The molecule has 1 aromatic rings. The van der Waals surface area contributed by atoms with Crippen molar-refractivity contribution in [1.29, 1.82) is 0 Å². The molecule has 1 aromatic carbocycles. The van der Waals surface area contributed by atoms with Crippen LogP contribution in [0.2, 0.25) is 0 Å². The van der Waals surface area contributed by atoms with Crippen LogP contribution < -0.4 is 14.2 Å². The minimum absolute atomic E-state index is 0.0598. The van der Waals surface area contributed by atoms with Crippen molar-refractivity contribution in [2.75, 3.05) is 21.3 Å². The van der Waals surface area contributed by atoms with Crippen molar-refractivity contribution >= 4 is 12.0 Å². The molecule has 0 bridgehead atoms. The zero-order valence-corrected chi connectivity index (χ0v) is 12.6. The van der Waals surface area contributed by atoms with E-state index in [0.29, 0.717) is 11.3 Å². The van der Waals surface area contributed by atoms with Gasteiger partial charge >= 0.3 is 5.97 Å². The number of phenolic OH excluding ortho intramolecular Hbond substituents is 1. The van der Waals surface area contributed by atoms with Gasteiger partial charge in [0.25, 0.3) is 0 Å². The third-order valence-electron chi connectivity index (χ3n) is 3.19. The summed E-state index contributed by atoms with van der Waals surface area (Å²) in [6.07, 6.45) is 3.60. The lowest BCUT2D eigenvalue weighted by molar-refractivity contribution is 0.0584. The number of esters is 1. The van der Waals surface area contributed by atoms with E-state index in [-0.39, 0.29) is 22.8 Å². The number of fused-ring (bicyclic) bond motifs is 1. The van der Waals surface area contributed by atoms with Gasteiger partial charge in [-0.3, -0.25) is 0 Å². The molecule has 0 aliphatic carbocycles. The van der Waals surface area contributed by atoms with Gasteiger partial charge in [0.1, 0.15) is 16.9 Å². The van der Waals surface area contributed by atoms with Crippen molar-refractivity contribution in [2.24, 2.45) is 0 Å². The third-order valence-corrected chi connectivity index (χ3v) is 3.19. The second-order valence-corrected chi connectivity index (χ2v) is 5.06. The van der Waals surface area contributed by atoms with E-state index < -0.39 is 11.6 Å². The fourth-order valence-electron chi connectivity index (χ4n) is 2.21. The lowest BCUT2D eigenvalue weighted by Gasteiger charge is -2.30. The number of aromatic hydroxyl groups is 1. The fourth-order valence-corrected chi connectivity index (χ4v) is 2.21. The van der Waals surface area contributed by atoms with Gasteiger partial charge in [-0.2, -0.15) is 0 Å². The number of benzene rings is 1. The SMILES string of the molecule is COC(=O)c1c(O)c(OC)c(OC)c2c1OC(C)(C)C=C2. The van der Waals surface area contributed by atoms with Crippen molar-refractivity contribution in [1.82, 2.24) is 0 Å². The molecule has 1 aliphatic heterocycles. The molecule has 0 amide bonds. The van der Waals surface area contributed by atoms with Crippen molar-refractivity contribution < 1.29 is 28.8 Å². The summed E-state index contributed by atoms with van der Waals surface area (Å²) in [6, 6.07) is 0. The Morgan fingerprint density at radius 1 is 1.19 bits per heavy atom. The van der Waals surface area contributed by atoms with Crippen LogP contribution in [0.25, 0.3) is 6.08 Å². The van der Waals surface area contributed by atoms with E-state index in [1.54, 1.807) is 6.08 Å².